The first-order chi connectivity index (χ1) is 11.9. The van der Waals surface area contributed by atoms with Crippen molar-refractivity contribution in [3.05, 3.63) is 28.7 Å². The fourth-order valence-corrected chi connectivity index (χ4v) is 3.64. The Morgan fingerprint density at radius 2 is 2.16 bits per heavy atom. The summed E-state index contributed by atoms with van der Waals surface area (Å²) >= 11 is 0. The molecular formula is C18H24N6O. The highest BCUT2D eigenvalue weighted by atomic mass is 16.2. The van der Waals surface area contributed by atoms with E-state index in [1.807, 2.05) is 18.7 Å². The highest BCUT2D eigenvalue weighted by molar-refractivity contribution is 5.77. The second-order valence-corrected chi connectivity index (χ2v) is 6.87. The summed E-state index contributed by atoms with van der Waals surface area (Å²) in [5.41, 5.74) is 3.90. The molecule has 0 spiro atoms. The molecule has 132 valence electrons. The summed E-state index contributed by atoms with van der Waals surface area (Å²) < 4.78 is 1.70. The molecule has 3 heterocycles. The SMILES string of the molecule is Cc1nc2c(C#N)cnn2c(C)c1CCC(=O)N1CCN(C)C[C@@H]1C. The van der Waals surface area contributed by atoms with Crippen LogP contribution in [-0.4, -0.2) is 63.0 Å². The van der Waals surface area contributed by atoms with Gasteiger partial charge in [0, 0.05) is 43.5 Å². The second-order valence-electron chi connectivity index (χ2n) is 6.87. The maximum absolute atomic E-state index is 12.6. The lowest BCUT2D eigenvalue weighted by Crippen LogP contribution is -2.52. The number of carbonyl (C=O) groups is 1. The lowest BCUT2D eigenvalue weighted by Gasteiger charge is -2.38. The van der Waals surface area contributed by atoms with Crippen LogP contribution in [0.5, 0.6) is 0 Å². The molecule has 1 amide bonds. The van der Waals surface area contributed by atoms with Crippen LogP contribution in [0.15, 0.2) is 6.20 Å². The second kappa shape index (κ2) is 6.81. The number of nitrogens with zero attached hydrogens (tertiary/aromatic N) is 6. The van der Waals surface area contributed by atoms with Crippen molar-refractivity contribution in [2.24, 2.45) is 0 Å². The molecule has 1 aliphatic rings. The molecule has 0 aromatic carbocycles. The van der Waals surface area contributed by atoms with Gasteiger partial charge < -0.3 is 9.80 Å². The van der Waals surface area contributed by atoms with E-state index in [2.05, 4.69) is 35.0 Å². The van der Waals surface area contributed by atoms with Crippen LogP contribution in [0, 0.1) is 25.2 Å². The van der Waals surface area contributed by atoms with E-state index in [9.17, 15) is 4.79 Å². The van der Waals surface area contributed by atoms with Crippen molar-refractivity contribution in [3.63, 3.8) is 0 Å². The molecule has 25 heavy (non-hydrogen) atoms. The summed E-state index contributed by atoms with van der Waals surface area (Å²) in [4.78, 5) is 21.4. The number of hydrogen-bond acceptors (Lipinski definition) is 5. The molecule has 0 radical (unpaired) electrons. The van der Waals surface area contributed by atoms with Crippen molar-refractivity contribution in [3.8, 4) is 6.07 Å². The summed E-state index contributed by atoms with van der Waals surface area (Å²) in [7, 11) is 2.09. The highest BCUT2D eigenvalue weighted by Crippen LogP contribution is 2.19. The van der Waals surface area contributed by atoms with Crippen LogP contribution in [0.4, 0.5) is 0 Å². The van der Waals surface area contributed by atoms with Gasteiger partial charge in [-0.1, -0.05) is 0 Å². The number of piperazine rings is 1. The first kappa shape index (κ1) is 17.4. The zero-order valence-corrected chi connectivity index (χ0v) is 15.3. The van der Waals surface area contributed by atoms with Crippen LogP contribution in [0.1, 0.15) is 35.9 Å². The number of fused-ring (bicyclic) bond motifs is 1. The van der Waals surface area contributed by atoms with Crippen LogP contribution < -0.4 is 0 Å². The number of aromatic nitrogens is 3. The maximum Gasteiger partial charge on any atom is 0.223 e. The Labute approximate surface area is 147 Å². The van der Waals surface area contributed by atoms with E-state index in [1.54, 1.807) is 4.52 Å². The molecule has 7 nitrogen and oxygen atoms in total. The number of amides is 1. The van der Waals surface area contributed by atoms with E-state index in [-0.39, 0.29) is 11.9 Å². The first-order valence-electron chi connectivity index (χ1n) is 8.64. The zero-order chi connectivity index (χ0) is 18.1. The molecule has 0 saturated carbocycles. The van der Waals surface area contributed by atoms with Crippen LogP contribution in [0.2, 0.25) is 0 Å². The van der Waals surface area contributed by atoms with Crippen molar-refractivity contribution in [2.75, 3.05) is 26.7 Å². The Kier molecular flexibility index (Phi) is 4.73. The third-order valence-corrected chi connectivity index (χ3v) is 5.07. The molecule has 0 N–H and O–H groups in total. The third-order valence-electron chi connectivity index (χ3n) is 5.07. The molecule has 0 unspecified atom stereocenters. The van der Waals surface area contributed by atoms with Gasteiger partial charge in [-0.2, -0.15) is 10.4 Å². The smallest absolute Gasteiger partial charge is 0.223 e. The molecule has 1 atom stereocenters. The molecule has 2 aromatic heterocycles. The monoisotopic (exact) mass is 340 g/mol. The summed E-state index contributed by atoms with van der Waals surface area (Å²) in [6.07, 6.45) is 2.64. The van der Waals surface area contributed by atoms with Crippen molar-refractivity contribution in [2.45, 2.75) is 39.7 Å². The van der Waals surface area contributed by atoms with E-state index in [0.717, 1.165) is 36.6 Å². The van der Waals surface area contributed by atoms with E-state index in [4.69, 9.17) is 5.26 Å². The summed E-state index contributed by atoms with van der Waals surface area (Å²) in [6, 6.07) is 2.36. The predicted molar refractivity (Wildman–Crippen MR) is 94.2 cm³/mol. The minimum atomic E-state index is 0.192. The first-order valence-corrected chi connectivity index (χ1v) is 8.64. The Morgan fingerprint density at radius 3 is 2.84 bits per heavy atom. The summed E-state index contributed by atoms with van der Waals surface area (Å²) in [5, 5.41) is 13.4. The Morgan fingerprint density at radius 1 is 1.40 bits per heavy atom. The number of likely N-dealkylation sites (N-methyl/N-ethyl adjacent to an activating group) is 1. The minimum absolute atomic E-state index is 0.192. The highest BCUT2D eigenvalue weighted by Gasteiger charge is 2.25. The van der Waals surface area contributed by atoms with Gasteiger partial charge in [-0.05, 0) is 39.8 Å². The topological polar surface area (TPSA) is 77.5 Å². The van der Waals surface area contributed by atoms with Gasteiger partial charge >= 0.3 is 0 Å². The Hall–Kier alpha value is -2.46. The lowest BCUT2D eigenvalue weighted by molar-refractivity contribution is -0.135. The lowest BCUT2D eigenvalue weighted by atomic mass is 10.0. The van der Waals surface area contributed by atoms with Gasteiger partial charge in [-0.3, -0.25) is 4.79 Å². The van der Waals surface area contributed by atoms with Gasteiger partial charge in [0.25, 0.3) is 0 Å². The van der Waals surface area contributed by atoms with Crippen LogP contribution in [-0.2, 0) is 11.2 Å². The van der Waals surface area contributed by atoms with Gasteiger partial charge in [0.1, 0.15) is 11.6 Å². The van der Waals surface area contributed by atoms with Gasteiger partial charge in [0.05, 0.1) is 6.20 Å². The fraction of sp³-hybridized carbons (Fsp3) is 0.556. The van der Waals surface area contributed by atoms with Crippen molar-refractivity contribution >= 4 is 11.6 Å². The number of nitriles is 1. The average molecular weight is 340 g/mol. The van der Waals surface area contributed by atoms with Gasteiger partial charge in [0.2, 0.25) is 5.91 Å². The average Bonchev–Trinajstić information content (AvgIpc) is 2.97. The molecule has 1 aliphatic heterocycles. The number of aryl methyl sites for hydroxylation is 2. The quantitative estimate of drug-likeness (QED) is 0.842. The molecule has 0 bridgehead atoms. The Bertz CT molecular complexity index is 849. The van der Waals surface area contributed by atoms with E-state index in [0.29, 0.717) is 24.1 Å². The molecule has 0 aliphatic carbocycles. The minimum Gasteiger partial charge on any atom is -0.337 e. The normalized spacial score (nSPS) is 18.5. The molecule has 7 heteroatoms. The van der Waals surface area contributed by atoms with Gasteiger partial charge in [-0.25, -0.2) is 9.50 Å². The van der Waals surface area contributed by atoms with Gasteiger partial charge in [-0.15, -0.1) is 0 Å². The molecule has 1 fully saturated rings. The fourth-order valence-electron chi connectivity index (χ4n) is 3.64. The third kappa shape index (κ3) is 3.22. The van der Waals surface area contributed by atoms with Crippen LogP contribution in [0.3, 0.4) is 0 Å². The van der Waals surface area contributed by atoms with Crippen LogP contribution in [0.25, 0.3) is 5.65 Å². The molecule has 2 aromatic rings. The van der Waals surface area contributed by atoms with Crippen molar-refractivity contribution in [1.82, 2.24) is 24.4 Å². The van der Waals surface area contributed by atoms with E-state index in [1.165, 1.54) is 6.20 Å². The largest absolute Gasteiger partial charge is 0.337 e. The summed E-state index contributed by atoms with van der Waals surface area (Å²) in [6.45, 7) is 8.63. The standard InChI is InChI=1S/C18H24N6O/c1-12-11-22(4)7-8-23(12)17(25)6-5-16-13(2)21-18-15(9-19)10-20-24(18)14(16)3/h10,12H,5-8,11H2,1-4H3/t12-/m0/s1. The molecule has 1 saturated heterocycles. The van der Waals surface area contributed by atoms with E-state index >= 15 is 0 Å². The van der Waals surface area contributed by atoms with Crippen molar-refractivity contribution in [1.29, 1.82) is 5.26 Å². The molecule has 3 rings (SSSR count). The maximum atomic E-state index is 12.6. The number of carbonyl (C=O) groups excluding carboxylic acids is 1. The number of hydrogen-bond donors (Lipinski definition) is 0. The molecular weight excluding hydrogens is 316 g/mol. The summed E-state index contributed by atoms with van der Waals surface area (Å²) in [5.74, 6) is 0.192. The zero-order valence-electron chi connectivity index (χ0n) is 15.3. The predicted octanol–water partition coefficient (Wildman–Crippen LogP) is 1.31. The van der Waals surface area contributed by atoms with Crippen molar-refractivity contribution < 1.29 is 4.79 Å². The van der Waals surface area contributed by atoms with Crippen LogP contribution >= 0.6 is 0 Å². The van der Waals surface area contributed by atoms with Gasteiger partial charge in [0.15, 0.2) is 5.65 Å². The number of rotatable bonds is 3. The van der Waals surface area contributed by atoms with E-state index < -0.39 is 0 Å². The Balaban J connectivity index is 1.77.